The lowest BCUT2D eigenvalue weighted by Gasteiger charge is -2.14. The second kappa shape index (κ2) is 5.48. The van der Waals surface area contributed by atoms with E-state index in [2.05, 4.69) is 57.1 Å². The number of hydrogen-bond donors (Lipinski definition) is 2. The number of nitrogen functional groups attached to an aromatic ring is 1. The summed E-state index contributed by atoms with van der Waals surface area (Å²) < 4.78 is 1.12. The molecule has 2 rings (SSSR count). The first-order valence-electron chi connectivity index (χ1n) is 5.66. The van der Waals surface area contributed by atoms with Gasteiger partial charge in [-0.25, -0.2) is 0 Å². The summed E-state index contributed by atoms with van der Waals surface area (Å²) in [4.78, 5) is 2.08. The molecule has 2 aromatic rings. The number of nitrogens with one attached hydrogen (secondary N) is 1. The van der Waals surface area contributed by atoms with Crippen LogP contribution in [-0.4, -0.2) is 14.1 Å². The van der Waals surface area contributed by atoms with Gasteiger partial charge >= 0.3 is 0 Å². The number of nitrogens with two attached hydrogens (primary N) is 1. The Morgan fingerprint density at radius 2 is 1.72 bits per heavy atom. The SMILES string of the molecule is CN(C)c1ccc(Nc2ccc(N)cc2I)cc1. The third-order valence-electron chi connectivity index (χ3n) is 2.66. The monoisotopic (exact) mass is 353 g/mol. The van der Waals surface area contributed by atoms with E-state index in [0.717, 1.165) is 20.6 Å². The number of rotatable bonds is 3. The van der Waals surface area contributed by atoms with Gasteiger partial charge in [-0.2, -0.15) is 0 Å². The highest BCUT2D eigenvalue weighted by atomic mass is 127. The molecule has 0 saturated carbocycles. The van der Waals surface area contributed by atoms with E-state index in [1.165, 1.54) is 5.69 Å². The summed E-state index contributed by atoms with van der Waals surface area (Å²) in [5.41, 5.74) is 9.85. The molecule has 0 amide bonds. The minimum Gasteiger partial charge on any atom is -0.399 e. The highest BCUT2D eigenvalue weighted by Crippen LogP contribution is 2.25. The van der Waals surface area contributed by atoms with E-state index >= 15 is 0 Å². The first-order valence-corrected chi connectivity index (χ1v) is 6.73. The van der Waals surface area contributed by atoms with Gasteiger partial charge in [0.15, 0.2) is 0 Å². The maximum Gasteiger partial charge on any atom is 0.0521 e. The van der Waals surface area contributed by atoms with Gasteiger partial charge in [0.05, 0.1) is 5.69 Å². The van der Waals surface area contributed by atoms with E-state index in [9.17, 15) is 0 Å². The highest BCUT2D eigenvalue weighted by Gasteiger charge is 2.01. The zero-order valence-corrected chi connectivity index (χ0v) is 12.6. The molecule has 0 atom stereocenters. The van der Waals surface area contributed by atoms with Crippen LogP contribution in [0.5, 0.6) is 0 Å². The molecular formula is C14H16IN3. The summed E-state index contributed by atoms with van der Waals surface area (Å²) in [7, 11) is 4.07. The van der Waals surface area contributed by atoms with Crippen LogP contribution in [-0.2, 0) is 0 Å². The molecule has 2 aromatic carbocycles. The second-order valence-corrected chi connectivity index (χ2v) is 5.47. The quantitative estimate of drug-likeness (QED) is 0.653. The van der Waals surface area contributed by atoms with Gasteiger partial charge in [0, 0.05) is 34.7 Å². The Labute approximate surface area is 121 Å². The van der Waals surface area contributed by atoms with Crippen molar-refractivity contribution in [3.8, 4) is 0 Å². The smallest absolute Gasteiger partial charge is 0.0521 e. The predicted molar refractivity (Wildman–Crippen MR) is 87.6 cm³/mol. The normalized spacial score (nSPS) is 10.2. The first kappa shape index (κ1) is 13.0. The number of nitrogens with zero attached hydrogens (tertiary/aromatic N) is 1. The van der Waals surface area contributed by atoms with Crippen LogP contribution in [0.4, 0.5) is 22.7 Å². The van der Waals surface area contributed by atoms with Crippen LogP contribution in [0.1, 0.15) is 0 Å². The molecule has 4 heteroatoms. The molecule has 0 aliphatic rings. The Kier molecular flexibility index (Phi) is 3.96. The fourth-order valence-electron chi connectivity index (χ4n) is 1.63. The van der Waals surface area contributed by atoms with Crippen LogP contribution in [0.25, 0.3) is 0 Å². The summed E-state index contributed by atoms with van der Waals surface area (Å²) in [5, 5.41) is 3.38. The lowest BCUT2D eigenvalue weighted by atomic mass is 10.2. The summed E-state index contributed by atoms with van der Waals surface area (Å²) >= 11 is 2.28. The zero-order valence-electron chi connectivity index (χ0n) is 10.4. The second-order valence-electron chi connectivity index (χ2n) is 4.31. The Morgan fingerprint density at radius 3 is 2.28 bits per heavy atom. The average molecular weight is 353 g/mol. The lowest BCUT2D eigenvalue weighted by Crippen LogP contribution is -2.08. The topological polar surface area (TPSA) is 41.3 Å². The van der Waals surface area contributed by atoms with Gasteiger partial charge in [-0.05, 0) is 65.1 Å². The van der Waals surface area contributed by atoms with Crippen molar-refractivity contribution in [2.75, 3.05) is 30.0 Å². The van der Waals surface area contributed by atoms with E-state index in [1.54, 1.807) is 0 Å². The van der Waals surface area contributed by atoms with Crippen LogP contribution in [0, 0.1) is 3.57 Å². The molecular weight excluding hydrogens is 337 g/mol. The Hall–Kier alpha value is -1.43. The van der Waals surface area contributed by atoms with Gasteiger partial charge < -0.3 is 16.0 Å². The molecule has 0 fully saturated rings. The fraction of sp³-hybridized carbons (Fsp3) is 0.143. The van der Waals surface area contributed by atoms with Crippen LogP contribution in [0.15, 0.2) is 42.5 Å². The molecule has 0 heterocycles. The van der Waals surface area contributed by atoms with E-state index in [0.29, 0.717) is 0 Å². The molecule has 0 radical (unpaired) electrons. The molecule has 94 valence electrons. The van der Waals surface area contributed by atoms with Gasteiger partial charge in [0.1, 0.15) is 0 Å². The Morgan fingerprint density at radius 1 is 1.06 bits per heavy atom. The van der Waals surface area contributed by atoms with Crippen molar-refractivity contribution in [3.05, 3.63) is 46.0 Å². The molecule has 3 nitrogen and oxygen atoms in total. The Bertz CT molecular complexity index is 535. The van der Waals surface area contributed by atoms with Crippen molar-refractivity contribution < 1.29 is 0 Å². The molecule has 0 aliphatic heterocycles. The molecule has 0 aliphatic carbocycles. The van der Waals surface area contributed by atoms with Crippen LogP contribution in [0.2, 0.25) is 0 Å². The van der Waals surface area contributed by atoms with Crippen LogP contribution >= 0.6 is 22.6 Å². The van der Waals surface area contributed by atoms with E-state index in [-0.39, 0.29) is 0 Å². The fourth-order valence-corrected chi connectivity index (χ4v) is 2.31. The first-order chi connectivity index (χ1) is 8.56. The van der Waals surface area contributed by atoms with Gasteiger partial charge in [-0.15, -0.1) is 0 Å². The van der Waals surface area contributed by atoms with Crippen molar-refractivity contribution in [2.24, 2.45) is 0 Å². The van der Waals surface area contributed by atoms with E-state index in [1.807, 2.05) is 32.3 Å². The van der Waals surface area contributed by atoms with Crippen molar-refractivity contribution in [1.82, 2.24) is 0 Å². The summed E-state index contributed by atoms with van der Waals surface area (Å²) in [5.74, 6) is 0. The largest absolute Gasteiger partial charge is 0.399 e. The third kappa shape index (κ3) is 3.07. The minimum atomic E-state index is 0.785. The van der Waals surface area contributed by atoms with Gasteiger partial charge in [0.2, 0.25) is 0 Å². The van der Waals surface area contributed by atoms with Crippen molar-refractivity contribution in [3.63, 3.8) is 0 Å². The van der Waals surface area contributed by atoms with Crippen LogP contribution < -0.4 is 16.0 Å². The molecule has 0 spiro atoms. The van der Waals surface area contributed by atoms with Crippen LogP contribution in [0.3, 0.4) is 0 Å². The van der Waals surface area contributed by atoms with Gasteiger partial charge in [-0.3, -0.25) is 0 Å². The summed E-state index contributed by atoms with van der Waals surface area (Å²) in [6, 6.07) is 14.2. The van der Waals surface area contributed by atoms with E-state index < -0.39 is 0 Å². The summed E-state index contributed by atoms with van der Waals surface area (Å²) in [6.45, 7) is 0. The van der Waals surface area contributed by atoms with Crippen molar-refractivity contribution in [1.29, 1.82) is 0 Å². The maximum absolute atomic E-state index is 5.74. The molecule has 0 unspecified atom stereocenters. The zero-order chi connectivity index (χ0) is 13.1. The average Bonchev–Trinajstić information content (AvgIpc) is 2.33. The lowest BCUT2D eigenvalue weighted by molar-refractivity contribution is 1.13. The van der Waals surface area contributed by atoms with Crippen molar-refractivity contribution >= 4 is 45.3 Å². The predicted octanol–water partition coefficient (Wildman–Crippen LogP) is 3.68. The molecule has 0 aromatic heterocycles. The van der Waals surface area contributed by atoms with Gasteiger partial charge in [0.25, 0.3) is 0 Å². The molecule has 3 N–H and O–H groups in total. The Balaban J connectivity index is 2.18. The minimum absolute atomic E-state index is 0.785. The standard InChI is InChI=1S/C14H16IN3/c1-18(2)12-6-4-11(5-7-12)17-14-8-3-10(16)9-13(14)15/h3-9,17H,16H2,1-2H3. The molecule has 0 saturated heterocycles. The van der Waals surface area contributed by atoms with Crippen molar-refractivity contribution in [2.45, 2.75) is 0 Å². The number of benzene rings is 2. The molecule has 18 heavy (non-hydrogen) atoms. The van der Waals surface area contributed by atoms with Gasteiger partial charge in [-0.1, -0.05) is 0 Å². The van der Waals surface area contributed by atoms with E-state index in [4.69, 9.17) is 5.73 Å². The number of anilines is 4. The maximum atomic E-state index is 5.74. The number of halogens is 1. The highest BCUT2D eigenvalue weighted by molar-refractivity contribution is 14.1. The molecule has 0 bridgehead atoms. The number of hydrogen-bond acceptors (Lipinski definition) is 3. The third-order valence-corrected chi connectivity index (χ3v) is 3.55. The summed E-state index contributed by atoms with van der Waals surface area (Å²) in [6.07, 6.45) is 0.